The Morgan fingerprint density at radius 1 is 1.47 bits per heavy atom. The number of aryl methyl sites for hydroxylation is 1. The Kier molecular flexibility index (Phi) is 2.43. The second kappa shape index (κ2) is 3.49. The molecule has 1 aliphatic rings. The van der Waals surface area contributed by atoms with Crippen LogP contribution in [0.1, 0.15) is 29.8 Å². The highest BCUT2D eigenvalue weighted by Crippen LogP contribution is 2.47. The molecule has 1 saturated carbocycles. The molecule has 1 heterocycles. The number of aromatic nitrogens is 1. The van der Waals surface area contributed by atoms with Crippen LogP contribution in [0.15, 0.2) is 0 Å². The molecular weight excluding hydrogens is 206 g/mol. The highest BCUT2D eigenvalue weighted by Gasteiger charge is 2.42. The van der Waals surface area contributed by atoms with Gasteiger partial charge in [-0.3, -0.25) is 0 Å². The van der Waals surface area contributed by atoms with Crippen LogP contribution in [0, 0.1) is 18.3 Å². The van der Waals surface area contributed by atoms with Crippen LogP contribution in [-0.4, -0.2) is 19.1 Å². The van der Waals surface area contributed by atoms with Gasteiger partial charge in [-0.05, 0) is 26.2 Å². The second-order valence-corrected chi connectivity index (χ2v) is 5.33. The van der Waals surface area contributed by atoms with Gasteiger partial charge in [0.05, 0.1) is 17.2 Å². The van der Waals surface area contributed by atoms with Crippen molar-refractivity contribution in [2.24, 2.45) is 0 Å². The van der Waals surface area contributed by atoms with Crippen LogP contribution in [0.3, 0.4) is 0 Å². The summed E-state index contributed by atoms with van der Waals surface area (Å²) in [4.78, 5) is 7.68. The highest BCUT2D eigenvalue weighted by molar-refractivity contribution is 7.16. The van der Waals surface area contributed by atoms with E-state index in [-0.39, 0.29) is 5.41 Å². The van der Waals surface area contributed by atoms with E-state index < -0.39 is 0 Å². The minimum absolute atomic E-state index is 0.212. The molecule has 0 aromatic carbocycles. The fourth-order valence-electron chi connectivity index (χ4n) is 1.94. The summed E-state index contributed by atoms with van der Waals surface area (Å²) in [6.07, 6.45) is 3.17. The van der Waals surface area contributed by atoms with Crippen LogP contribution >= 0.6 is 11.3 Å². The third-order valence-electron chi connectivity index (χ3n) is 3.02. The first kappa shape index (κ1) is 10.4. The zero-order chi connectivity index (χ0) is 11.1. The van der Waals surface area contributed by atoms with E-state index in [2.05, 4.69) is 11.1 Å². The predicted molar refractivity (Wildman–Crippen MR) is 62.3 cm³/mol. The first-order chi connectivity index (χ1) is 7.09. The fraction of sp³-hybridized carbons (Fsp3) is 0.636. The zero-order valence-corrected chi connectivity index (χ0v) is 10.2. The van der Waals surface area contributed by atoms with Crippen LogP contribution < -0.4 is 4.90 Å². The summed E-state index contributed by atoms with van der Waals surface area (Å²) >= 11 is 1.67. The number of thiazole rings is 1. The largest absolute Gasteiger partial charge is 0.354 e. The molecule has 2 rings (SSSR count). The molecule has 0 atom stereocenters. The average molecular weight is 221 g/mol. The van der Waals surface area contributed by atoms with Gasteiger partial charge in [-0.15, -0.1) is 0 Å². The summed E-state index contributed by atoms with van der Waals surface area (Å²) in [5, 5.41) is 10.3. The van der Waals surface area contributed by atoms with Gasteiger partial charge in [-0.1, -0.05) is 11.3 Å². The molecule has 0 saturated heterocycles. The van der Waals surface area contributed by atoms with Gasteiger partial charge >= 0.3 is 0 Å². The summed E-state index contributed by atoms with van der Waals surface area (Å²) in [6.45, 7) is 2.01. The van der Waals surface area contributed by atoms with Crippen molar-refractivity contribution in [1.82, 2.24) is 4.98 Å². The number of hydrogen-bond acceptors (Lipinski definition) is 4. The molecule has 0 aliphatic heterocycles. The van der Waals surface area contributed by atoms with Crippen molar-refractivity contribution in [3.8, 4) is 6.07 Å². The molecular formula is C11H15N3S. The lowest BCUT2D eigenvalue weighted by molar-refractivity contribution is 0.328. The Bertz CT molecular complexity index is 410. The van der Waals surface area contributed by atoms with E-state index in [9.17, 15) is 5.26 Å². The monoisotopic (exact) mass is 221 g/mol. The molecule has 3 nitrogen and oxygen atoms in total. The Labute approximate surface area is 94.4 Å². The molecule has 0 unspecified atom stereocenters. The van der Waals surface area contributed by atoms with Crippen LogP contribution in [0.5, 0.6) is 0 Å². The minimum atomic E-state index is -0.212. The van der Waals surface area contributed by atoms with E-state index >= 15 is 0 Å². The zero-order valence-electron chi connectivity index (χ0n) is 9.37. The average Bonchev–Trinajstić information content (AvgIpc) is 2.48. The molecule has 4 heteroatoms. The predicted octanol–water partition coefficient (Wildman–Crippen LogP) is 2.46. The van der Waals surface area contributed by atoms with E-state index in [0.29, 0.717) is 0 Å². The molecule has 1 aromatic rings. The molecule has 1 aromatic heterocycles. The summed E-state index contributed by atoms with van der Waals surface area (Å²) in [5.74, 6) is 0. The van der Waals surface area contributed by atoms with Gasteiger partial charge in [0.1, 0.15) is 0 Å². The third-order valence-corrected chi connectivity index (χ3v) is 4.55. The van der Waals surface area contributed by atoms with E-state index in [1.807, 2.05) is 25.9 Å². The second-order valence-electron chi connectivity index (χ2n) is 4.35. The van der Waals surface area contributed by atoms with Gasteiger partial charge in [0.25, 0.3) is 0 Å². The van der Waals surface area contributed by atoms with Crippen molar-refractivity contribution in [1.29, 1.82) is 5.26 Å². The van der Waals surface area contributed by atoms with Crippen molar-refractivity contribution in [3.05, 3.63) is 10.6 Å². The Morgan fingerprint density at radius 2 is 2.13 bits per heavy atom. The lowest BCUT2D eigenvalue weighted by atomic mass is 9.68. The van der Waals surface area contributed by atoms with Crippen molar-refractivity contribution >= 4 is 16.5 Å². The first-order valence-electron chi connectivity index (χ1n) is 5.15. The fourth-order valence-corrected chi connectivity index (χ4v) is 3.12. The standard InChI is InChI=1S/C11H15N3S/c1-8-9(11(7-12)5-4-6-11)15-10(13-8)14(2)3/h4-6H2,1-3H3. The number of anilines is 1. The molecule has 15 heavy (non-hydrogen) atoms. The lowest BCUT2D eigenvalue weighted by Gasteiger charge is -2.34. The van der Waals surface area contributed by atoms with E-state index in [1.165, 1.54) is 11.3 Å². The van der Waals surface area contributed by atoms with Crippen LogP contribution in [0.4, 0.5) is 5.13 Å². The summed E-state index contributed by atoms with van der Waals surface area (Å²) in [7, 11) is 3.98. The molecule has 1 aliphatic carbocycles. The van der Waals surface area contributed by atoms with Crippen LogP contribution in [0.25, 0.3) is 0 Å². The van der Waals surface area contributed by atoms with E-state index in [0.717, 1.165) is 23.7 Å². The van der Waals surface area contributed by atoms with E-state index in [1.54, 1.807) is 11.3 Å². The minimum Gasteiger partial charge on any atom is -0.354 e. The van der Waals surface area contributed by atoms with Gasteiger partial charge < -0.3 is 4.90 Å². The number of nitriles is 1. The maximum Gasteiger partial charge on any atom is 0.185 e. The Balaban J connectivity index is 2.40. The Morgan fingerprint density at radius 3 is 2.47 bits per heavy atom. The van der Waals surface area contributed by atoms with Crippen molar-refractivity contribution in [2.75, 3.05) is 19.0 Å². The molecule has 0 N–H and O–H groups in total. The summed E-state index contributed by atoms with van der Waals surface area (Å²) < 4.78 is 0. The molecule has 0 radical (unpaired) electrons. The summed E-state index contributed by atoms with van der Waals surface area (Å²) in [5.41, 5.74) is 0.820. The van der Waals surface area contributed by atoms with Crippen molar-refractivity contribution in [3.63, 3.8) is 0 Å². The first-order valence-corrected chi connectivity index (χ1v) is 5.97. The molecule has 1 fully saturated rings. The topological polar surface area (TPSA) is 39.9 Å². The maximum atomic E-state index is 9.28. The molecule has 0 spiro atoms. The number of rotatable bonds is 2. The lowest BCUT2D eigenvalue weighted by Crippen LogP contribution is -2.32. The van der Waals surface area contributed by atoms with Gasteiger partial charge in [-0.2, -0.15) is 5.26 Å². The number of hydrogen-bond donors (Lipinski definition) is 0. The smallest absolute Gasteiger partial charge is 0.185 e. The third kappa shape index (κ3) is 1.51. The SMILES string of the molecule is Cc1nc(N(C)C)sc1C1(C#N)CCC1. The quantitative estimate of drug-likeness (QED) is 0.770. The van der Waals surface area contributed by atoms with Gasteiger partial charge in [0.15, 0.2) is 5.13 Å². The highest BCUT2D eigenvalue weighted by atomic mass is 32.1. The van der Waals surface area contributed by atoms with Crippen LogP contribution in [0.2, 0.25) is 0 Å². The van der Waals surface area contributed by atoms with Crippen molar-refractivity contribution in [2.45, 2.75) is 31.6 Å². The van der Waals surface area contributed by atoms with Gasteiger partial charge in [0, 0.05) is 19.0 Å². The van der Waals surface area contributed by atoms with Gasteiger partial charge in [-0.25, -0.2) is 4.98 Å². The van der Waals surface area contributed by atoms with Gasteiger partial charge in [0.2, 0.25) is 0 Å². The molecule has 0 bridgehead atoms. The normalized spacial score (nSPS) is 18.0. The summed E-state index contributed by atoms with van der Waals surface area (Å²) in [6, 6.07) is 2.48. The van der Waals surface area contributed by atoms with E-state index in [4.69, 9.17) is 0 Å². The maximum absolute atomic E-state index is 9.28. The van der Waals surface area contributed by atoms with Crippen molar-refractivity contribution < 1.29 is 0 Å². The molecule has 0 amide bonds. The Hall–Kier alpha value is -1.08. The number of nitrogens with zero attached hydrogens (tertiary/aromatic N) is 3. The molecule has 80 valence electrons. The van der Waals surface area contributed by atoms with Crippen LogP contribution in [-0.2, 0) is 5.41 Å².